The fraction of sp³-hybridized carbons (Fsp3) is 1.00. The van der Waals surface area contributed by atoms with Gasteiger partial charge in [-0.05, 0) is 6.54 Å². The number of ether oxygens (including phenoxy) is 2. The molecule has 0 amide bonds. The largest absolute Gasteiger partial charge is 0.372 e. The van der Waals surface area contributed by atoms with Crippen molar-refractivity contribution in [3.05, 3.63) is 0 Å². The summed E-state index contributed by atoms with van der Waals surface area (Å²) >= 11 is 0. The highest BCUT2D eigenvalue weighted by Crippen LogP contribution is 2.19. The summed E-state index contributed by atoms with van der Waals surface area (Å²) in [5, 5.41) is 0. The van der Waals surface area contributed by atoms with Crippen molar-refractivity contribution in [2.75, 3.05) is 32.8 Å². The van der Waals surface area contributed by atoms with Crippen molar-refractivity contribution in [2.45, 2.75) is 19.1 Å². The fourth-order valence-corrected chi connectivity index (χ4v) is 1.80. The van der Waals surface area contributed by atoms with E-state index in [0.29, 0.717) is 12.2 Å². The van der Waals surface area contributed by atoms with Crippen LogP contribution in [0.3, 0.4) is 0 Å². The Labute approximate surface area is 67.3 Å². The Kier molecular flexibility index (Phi) is 2.11. The number of likely N-dealkylation sites (tertiary alicyclic amines) is 1. The van der Waals surface area contributed by atoms with Crippen LogP contribution in [0.2, 0.25) is 0 Å². The highest BCUT2D eigenvalue weighted by molar-refractivity contribution is 4.86. The van der Waals surface area contributed by atoms with Gasteiger partial charge in [0.2, 0.25) is 0 Å². The maximum atomic E-state index is 5.57. The van der Waals surface area contributed by atoms with Gasteiger partial charge in [0.25, 0.3) is 0 Å². The van der Waals surface area contributed by atoms with Crippen molar-refractivity contribution in [2.24, 2.45) is 0 Å². The average molecular weight is 157 g/mol. The first-order valence-corrected chi connectivity index (χ1v) is 4.35. The molecule has 0 N–H and O–H groups in total. The summed E-state index contributed by atoms with van der Waals surface area (Å²) in [4.78, 5) is 2.38. The predicted octanol–water partition coefficient (Wildman–Crippen LogP) is 0.106. The molecule has 2 rings (SSSR count). The molecule has 3 heteroatoms. The Morgan fingerprint density at radius 3 is 2.18 bits per heavy atom. The number of hydrogen-bond acceptors (Lipinski definition) is 3. The van der Waals surface area contributed by atoms with Gasteiger partial charge < -0.3 is 9.47 Å². The van der Waals surface area contributed by atoms with E-state index in [4.69, 9.17) is 9.47 Å². The number of likely N-dealkylation sites (N-methyl/N-ethyl adjacent to an activating group) is 1. The molecule has 0 saturated carbocycles. The first-order chi connectivity index (χ1) is 5.40. The minimum absolute atomic E-state index is 0.351. The lowest BCUT2D eigenvalue weighted by Gasteiger charge is -2.24. The molecule has 0 radical (unpaired) electrons. The van der Waals surface area contributed by atoms with Crippen molar-refractivity contribution in [1.29, 1.82) is 0 Å². The zero-order chi connectivity index (χ0) is 7.68. The third-order valence-corrected chi connectivity index (χ3v) is 2.49. The standard InChI is InChI=1S/C8H15NO2/c1-2-9-5-7-8(6-9)11-4-3-10-7/h7-8H,2-6H2,1H3/t7-,8-/m0/s1. The fourth-order valence-electron chi connectivity index (χ4n) is 1.80. The maximum absolute atomic E-state index is 5.57. The highest BCUT2D eigenvalue weighted by atomic mass is 16.6. The van der Waals surface area contributed by atoms with Crippen LogP contribution in [0.5, 0.6) is 0 Å². The van der Waals surface area contributed by atoms with Crippen molar-refractivity contribution in [1.82, 2.24) is 4.90 Å². The van der Waals surface area contributed by atoms with E-state index in [2.05, 4.69) is 11.8 Å². The van der Waals surface area contributed by atoms with Crippen LogP contribution < -0.4 is 0 Å². The summed E-state index contributed by atoms with van der Waals surface area (Å²) in [6.07, 6.45) is 0.701. The molecule has 64 valence electrons. The molecule has 2 aliphatic rings. The molecular weight excluding hydrogens is 142 g/mol. The van der Waals surface area contributed by atoms with Gasteiger partial charge in [0.1, 0.15) is 0 Å². The number of nitrogens with zero attached hydrogens (tertiary/aromatic N) is 1. The van der Waals surface area contributed by atoms with Crippen LogP contribution in [0.4, 0.5) is 0 Å². The number of rotatable bonds is 1. The zero-order valence-corrected chi connectivity index (χ0v) is 6.95. The molecule has 3 nitrogen and oxygen atoms in total. The van der Waals surface area contributed by atoms with Crippen LogP contribution in [-0.2, 0) is 9.47 Å². The van der Waals surface area contributed by atoms with Crippen molar-refractivity contribution in [3.8, 4) is 0 Å². The lowest BCUT2D eigenvalue weighted by atomic mass is 10.2. The Balaban J connectivity index is 1.92. The second-order valence-corrected chi connectivity index (χ2v) is 3.17. The van der Waals surface area contributed by atoms with Gasteiger partial charge in [-0.1, -0.05) is 6.92 Å². The highest BCUT2D eigenvalue weighted by Gasteiger charge is 2.35. The van der Waals surface area contributed by atoms with Crippen LogP contribution in [0, 0.1) is 0 Å². The third kappa shape index (κ3) is 1.41. The van der Waals surface area contributed by atoms with Crippen molar-refractivity contribution < 1.29 is 9.47 Å². The molecule has 2 atom stereocenters. The molecule has 0 spiro atoms. The summed E-state index contributed by atoms with van der Waals surface area (Å²) in [5.41, 5.74) is 0. The van der Waals surface area contributed by atoms with Crippen molar-refractivity contribution in [3.63, 3.8) is 0 Å². The average Bonchev–Trinajstić information content (AvgIpc) is 2.46. The first-order valence-electron chi connectivity index (χ1n) is 4.35. The Hall–Kier alpha value is -0.120. The molecule has 2 heterocycles. The molecule has 2 aliphatic heterocycles. The summed E-state index contributed by atoms with van der Waals surface area (Å²) in [6, 6.07) is 0. The van der Waals surface area contributed by atoms with Crippen LogP contribution in [0.25, 0.3) is 0 Å². The molecule has 0 unspecified atom stereocenters. The molecular formula is C8H15NO2. The van der Waals surface area contributed by atoms with Gasteiger partial charge in [-0.2, -0.15) is 0 Å². The minimum atomic E-state index is 0.351. The van der Waals surface area contributed by atoms with Crippen LogP contribution in [0.15, 0.2) is 0 Å². The van der Waals surface area contributed by atoms with Gasteiger partial charge >= 0.3 is 0 Å². The monoisotopic (exact) mass is 157 g/mol. The van der Waals surface area contributed by atoms with Gasteiger partial charge in [0.15, 0.2) is 0 Å². The van der Waals surface area contributed by atoms with Gasteiger partial charge in [0, 0.05) is 13.1 Å². The normalized spacial score (nSPS) is 39.0. The second-order valence-electron chi connectivity index (χ2n) is 3.17. The smallest absolute Gasteiger partial charge is 0.0976 e. The van der Waals surface area contributed by atoms with E-state index in [1.54, 1.807) is 0 Å². The minimum Gasteiger partial charge on any atom is -0.372 e. The molecule has 11 heavy (non-hydrogen) atoms. The maximum Gasteiger partial charge on any atom is 0.0976 e. The molecule has 0 aromatic carbocycles. The van der Waals surface area contributed by atoms with Crippen LogP contribution in [-0.4, -0.2) is 50.0 Å². The Bertz CT molecular complexity index is 126. The molecule has 2 fully saturated rings. The topological polar surface area (TPSA) is 21.7 Å². The SMILES string of the molecule is CCN1C[C@@H]2OCCO[C@H]2C1. The molecule has 0 aromatic heterocycles. The second kappa shape index (κ2) is 3.09. The summed E-state index contributed by atoms with van der Waals surface area (Å²) < 4.78 is 11.1. The predicted molar refractivity (Wildman–Crippen MR) is 41.6 cm³/mol. The van der Waals surface area contributed by atoms with Gasteiger partial charge in [0.05, 0.1) is 25.4 Å². The van der Waals surface area contributed by atoms with E-state index in [1.807, 2.05) is 0 Å². The van der Waals surface area contributed by atoms with E-state index in [0.717, 1.165) is 32.8 Å². The Morgan fingerprint density at radius 1 is 1.18 bits per heavy atom. The molecule has 2 saturated heterocycles. The van der Waals surface area contributed by atoms with E-state index >= 15 is 0 Å². The molecule has 0 aromatic rings. The van der Waals surface area contributed by atoms with Gasteiger partial charge in [-0.25, -0.2) is 0 Å². The van der Waals surface area contributed by atoms with E-state index < -0.39 is 0 Å². The van der Waals surface area contributed by atoms with E-state index in [-0.39, 0.29) is 0 Å². The van der Waals surface area contributed by atoms with E-state index in [1.165, 1.54) is 0 Å². The summed E-state index contributed by atoms with van der Waals surface area (Å²) in [6.45, 7) is 6.96. The van der Waals surface area contributed by atoms with E-state index in [9.17, 15) is 0 Å². The molecule has 0 aliphatic carbocycles. The van der Waals surface area contributed by atoms with Crippen LogP contribution in [0.1, 0.15) is 6.92 Å². The number of hydrogen-bond donors (Lipinski definition) is 0. The molecule has 0 bridgehead atoms. The lowest BCUT2D eigenvalue weighted by Crippen LogP contribution is -2.36. The summed E-state index contributed by atoms with van der Waals surface area (Å²) in [5.74, 6) is 0. The lowest BCUT2D eigenvalue weighted by molar-refractivity contribution is -0.116. The van der Waals surface area contributed by atoms with Crippen LogP contribution >= 0.6 is 0 Å². The van der Waals surface area contributed by atoms with Gasteiger partial charge in [-0.3, -0.25) is 4.90 Å². The zero-order valence-electron chi connectivity index (χ0n) is 6.95. The summed E-state index contributed by atoms with van der Waals surface area (Å²) in [7, 11) is 0. The quantitative estimate of drug-likeness (QED) is 0.539. The van der Waals surface area contributed by atoms with Gasteiger partial charge in [-0.15, -0.1) is 0 Å². The number of fused-ring (bicyclic) bond motifs is 1. The Morgan fingerprint density at radius 2 is 1.73 bits per heavy atom. The van der Waals surface area contributed by atoms with Crippen molar-refractivity contribution >= 4 is 0 Å². The first kappa shape index (κ1) is 7.53. The third-order valence-electron chi connectivity index (χ3n) is 2.49.